The van der Waals surface area contributed by atoms with Crippen LogP contribution in [0, 0.1) is 0 Å². The molecular weight excluding hydrogens is 605 g/mol. The van der Waals surface area contributed by atoms with Crippen LogP contribution in [0.4, 0.5) is 11.4 Å². The zero-order valence-corrected chi connectivity index (χ0v) is 27.5. The molecule has 1 aromatic heterocycles. The summed E-state index contributed by atoms with van der Waals surface area (Å²) in [4.78, 5) is 0. The van der Waals surface area contributed by atoms with E-state index in [0.29, 0.717) is 0 Å². The number of para-hydroxylation sites is 3. The summed E-state index contributed by atoms with van der Waals surface area (Å²) in [6, 6.07) is 71.6. The van der Waals surface area contributed by atoms with E-state index < -0.39 is 0 Å². The summed E-state index contributed by atoms with van der Waals surface area (Å²) in [6.45, 7) is 0. The van der Waals surface area contributed by atoms with Crippen molar-refractivity contribution >= 4 is 33.2 Å². The topological polar surface area (TPSA) is 17.0 Å². The van der Waals surface area contributed by atoms with Crippen LogP contribution in [0.1, 0.15) is 0 Å². The van der Waals surface area contributed by atoms with E-state index in [0.717, 1.165) is 22.6 Å². The van der Waals surface area contributed by atoms with Gasteiger partial charge in [0.05, 0.1) is 11.0 Å². The molecule has 236 valence electrons. The molecule has 0 spiro atoms. The van der Waals surface area contributed by atoms with Gasteiger partial charge in [0.25, 0.3) is 0 Å². The Kier molecular flexibility index (Phi) is 7.53. The van der Waals surface area contributed by atoms with E-state index >= 15 is 0 Å². The fourth-order valence-corrected chi connectivity index (χ4v) is 7.13. The fraction of sp³-hybridized carbons (Fsp3) is 0. The van der Waals surface area contributed by atoms with E-state index in [1.54, 1.807) is 0 Å². The van der Waals surface area contributed by atoms with Crippen molar-refractivity contribution in [1.29, 1.82) is 0 Å². The molecule has 2 nitrogen and oxygen atoms in total. The van der Waals surface area contributed by atoms with Gasteiger partial charge in [-0.3, -0.25) is 0 Å². The van der Waals surface area contributed by atoms with E-state index in [1.807, 2.05) is 0 Å². The van der Waals surface area contributed by atoms with Gasteiger partial charge >= 0.3 is 0 Å². The van der Waals surface area contributed by atoms with Crippen molar-refractivity contribution in [3.63, 3.8) is 0 Å². The standard InChI is InChI=1S/C48H34N2/c1-2-12-34(13-3-1)35-24-26-36(27-25-35)39-15-11-17-41(33-39)49-46-21-7-4-18-43(46)40-16-10-14-38(32-40)37-28-30-42(31-29-37)50-47-22-8-5-19-44(47)45-20-6-9-23-48(45)50/h1-33,49H. The minimum Gasteiger partial charge on any atom is -0.355 e. The lowest BCUT2D eigenvalue weighted by atomic mass is 9.97. The van der Waals surface area contributed by atoms with Crippen LogP contribution in [0.15, 0.2) is 200 Å². The Hall–Kier alpha value is -6.64. The first kappa shape index (κ1) is 29.5. The molecule has 0 atom stereocenters. The third-order valence-electron chi connectivity index (χ3n) is 9.61. The highest BCUT2D eigenvalue weighted by Crippen LogP contribution is 2.36. The molecule has 0 bridgehead atoms. The summed E-state index contributed by atoms with van der Waals surface area (Å²) < 4.78 is 2.36. The van der Waals surface area contributed by atoms with Crippen LogP contribution in [0.25, 0.3) is 72.0 Å². The zero-order valence-electron chi connectivity index (χ0n) is 27.5. The summed E-state index contributed by atoms with van der Waals surface area (Å²) in [5.74, 6) is 0. The van der Waals surface area contributed by atoms with Crippen LogP contribution in [0.5, 0.6) is 0 Å². The number of fused-ring (bicyclic) bond motifs is 3. The minimum absolute atomic E-state index is 1.05. The molecule has 9 rings (SSSR count). The van der Waals surface area contributed by atoms with Crippen molar-refractivity contribution in [1.82, 2.24) is 4.57 Å². The van der Waals surface area contributed by atoms with Crippen LogP contribution < -0.4 is 5.32 Å². The van der Waals surface area contributed by atoms with Crippen molar-refractivity contribution in [3.8, 4) is 50.2 Å². The molecule has 0 amide bonds. The highest BCUT2D eigenvalue weighted by Gasteiger charge is 2.12. The highest BCUT2D eigenvalue weighted by atomic mass is 15.0. The maximum atomic E-state index is 3.73. The quantitative estimate of drug-likeness (QED) is 0.184. The van der Waals surface area contributed by atoms with Gasteiger partial charge in [-0.25, -0.2) is 0 Å². The molecule has 50 heavy (non-hydrogen) atoms. The van der Waals surface area contributed by atoms with E-state index in [9.17, 15) is 0 Å². The van der Waals surface area contributed by atoms with Crippen molar-refractivity contribution in [2.75, 3.05) is 5.32 Å². The molecule has 2 heteroatoms. The second-order valence-electron chi connectivity index (χ2n) is 12.7. The largest absolute Gasteiger partial charge is 0.355 e. The van der Waals surface area contributed by atoms with E-state index in [1.165, 1.54) is 60.8 Å². The smallest absolute Gasteiger partial charge is 0.0541 e. The summed E-state index contributed by atoms with van der Waals surface area (Å²) in [7, 11) is 0. The average Bonchev–Trinajstić information content (AvgIpc) is 3.53. The van der Waals surface area contributed by atoms with Crippen LogP contribution in [0.3, 0.4) is 0 Å². The SMILES string of the molecule is c1ccc(-c2ccc(-c3cccc(Nc4ccccc4-c4cccc(-c5ccc(-n6c7ccccc7c7ccccc76)cc5)c4)c3)cc2)cc1. The third kappa shape index (κ3) is 5.53. The van der Waals surface area contributed by atoms with E-state index in [4.69, 9.17) is 0 Å². The van der Waals surface area contributed by atoms with Crippen LogP contribution in [0.2, 0.25) is 0 Å². The second kappa shape index (κ2) is 12.8. The molecule has 0 aliphatic carbocycles. The summed E-state index contributed by atoms with van der Waals surface area (Å²) >= 11 is 0. The van der Waals surface area contributed by atoms with Crippen molar-refractivity contribution in [2.24, 2.45) is 0 Å². The van der Waals surface area contributed by atoms with Crippen LogP contribution in [-0.2, 0) is 0 Å². The van der Waals surface area contributed by atoms with Crippen molar-refractivity contribution in [3.05, 3.63) is 200 Å². The van der Waals surface area contributed by atoms with E-state index in [2.05, 4.69) is 210 Å². The number of anilines is 2. The molecule has 0 aliphatic heterocycles. The molecule has 1 N–H and O–H groups in total. The van der Waals surface area contributed by atoms with Gasteiger partial charge in [-0.2, -0.15) is 0 Å². The molecule has 0 unspecified atom stereocenters. The summed E-state index contributed by atoms with van der Waals surface area (Å²) in [5.41, 5.74) is 15.3. The highest BCUT2D eigenvalue weighted by molar-refractivity contribution is 6.09. The summed E-state index contributed by atoms with van der Waals surface area (Å²) in [5, 5.41) is 6.28. The Morgan fingerprint density at radius 3 is 1.50 bits per heavy atom. The number of hydrogen-bond donors (Lipinski definition) is 1. The number of benzene rings is 8. The molecule has 0 radical (unpaired) electrons. The maximum absolute atomic E-state index is 3.73. The Morgan fingerprint density at radius 2 is 0.800 bits per heavy atom. The molecular formula is C48H34N2. The first-order valence-electron chi connectivity index (χ1n) is 17.1. The molecule has 1 heterocycles. The van der Waals surface area contributed by atoms with Gasteiger partial charge in [0.1, 0.15) is 0 Å². The number of nitrogens with one attached hydrogen (secondary N) is 1. The number of aromatic nitrogens is 1. The van der Waals surface area contributed by atoms with Crippen LogP contribution in [-0.4, -0.2) is 4.57 Å². The predicted octanol–water partition coefficient (Wildman–Crippen LogP) is 13.2. The molecule has 9 aromatic rings. The second-order valence-corrected chi connectivity index (χ2v) is 12.7. The molecule has 0 saturated heterocycles. The molecule has 0 aliphatic rings. The first-order valence-corrected chi connectivity index (χ1v) is 17.1. The van der Waals surface area contributed by atoms with E-state index in [-0.39, 0.29) is 0 Å². The van der Waals surface area contributed by atoms with Crippen molar-refractivity contribution < 1.29 is 0 Å². The fourth-order valence-electron chi connectivity index (χ4n) is 7.13. The lowest BCUT2D eigenvalue weighted by Crippen LogP contribution is -1.94. The third-order valence-corrected chi connectivity index (χ3v) is 9.61. The van der Waals surface area contributed by atoms with Gasteiger partial charge in [-0.05, 0) is 87.5 Å². The Balaban J connectivity index is 0.992. The van der Waals surface area contributed by atoms with Gasteiger partial charge in [-0.15, -0.1) is 0 Å². The minimum atomic E-state index is 1.05. The molecule has 0 saturated carbocycles. The Morgan fingerprint density at radius 1 is 0.320 bits per heavy atom. The normalized spacial score (nSPS) is 11.2. The Bertz CT molecular complexity index is 2540. The van der Waals surface area contributed by atoms with Crippen molar-refractivity contribution in [2.45, 2.75) is 0 Å². The Labute approximate surface area is 292 Å². The van der Waals surface area contributed by atoms with Gasteiger partial charge in [0, 0.05) is 33.4 Å². The average molecular weight is 639 g/mol. The molecule has 8 aromatic carbocycles. The monoisotopic (exact) mass is 638 g/mol. The van der Waals surface area contributed by atoms with Gasteiger partial charge in [0.15, 0.2) is 0 Å². The van der Waals surface area contributed by atoms with Gasteiger partial charge in [0.2, 0.25) is 0 Å². The predicted molar refractivity (Wildman–Crippen MR) is 212 cm³/mol. The summed E-state index contributed by atoms with van der Waals surface area (Å²) in [6.07, 6.45) is 0. The van der Waals surface area contributed by atoms with Gasteiger partial charge < -0.3 is 9.88 Å². The molecule has 0 fully saturated rings. The zero-order chi connectivity index (χ0) is 33.3. The number of nitrogens with zero attached hydrogens (tertiary/aromatic N) is 1. The number of hydrogen-bond acceptors (Lipinski definition) is 1. The van der Waals surface area contributed by atoms with Crippen LogP contribution >= 0.6 is 0 Å². The maximum Gasteiger partial charge on any atom is 0.0541 e. The lowest BCUT2D eigenvalue weighted by Gasteiger charge is -2.15. The van der Waals surface area contributed by atoms with Gasteiger partial charge in [-0.1, -0.05) is 152 Å². The lowest BCUT2D eigenvalue weighted by molar-refractivity contribution is 1.18. The number of rotatable bonds is 7. The first-order chi connectivity index (χ1) is 24.8.